The summed E-state index contributed by atoms with van der Waals surface area (Å²) in [6.45, 7) is 4.30. The molecule has 0 amide bonds. The van der Waals surface area contributed by atoms with E-state index in [9.17, 15) is 0 Å². The highest BCUT2D eigenvalue weighted by atomic mass is 79.9. The number of halogens is 2. The van der Waals surface area contributed by atoms with Gasteiger partial charge in [-0.1, -0.05) is 15.9 Å². The molecule has 0 aliphatic carbocycles. The zero-order valence-corrected chi connectivity index (χ0v) is 11.6. The van der Waals surface area contributed by atoms with E-state index in [2.05, 4.69) is 60.6 Å². The van der Waals surface area contributed by atoms with Gasteiger partial charge in [0, 0.05) is 24.1 Å². The molecule has 1 heterocycles. The first-order valence-electron chi connectivity index (χ1n) is 4.24. The van der Waals surface area contributed by atoms with Crippen LogP contribution in [0.25, 0.3) is 0 Å². The van der Waals surface area contributed by atoms with Crippen LogP contribution in [-0.2, 0) is 0 Å². The monoisotopic (exact) mass is 321 g/mol. The summed E-state index contributed by atoms with van der Waals surface area (Å²) in [6.07, 6.45) is 3.31. The molecule has 14 heavy (non-hydrogen) atoms. The Bertz CT molecular complexity index is 315. The summed E-state index contributed by atoms with van der Waals surface area (Å²) in [4.78, 5) is 10.3. The molecule has 0 saturated heterocycles. The number of hydrogen-bond donors (Lipinski definition) is 0. The topological polar surface area (TPSA) is 29.0 Å². The molecule has 0 N–H and O–H groups in total. The van der Waals surface area contributed by atoms with Crippen molar-refractivity contribution in [2.24, 2.45) is 0 Å². The average molecular weight is 323 g/mol. The summed E-state index contributed by atoms with van der Waals surface area (Å²) in [7, 11) is 2.02. The van der Waals surface area contributed by atoms with Crippen LogP contribution in [0.15, 0.2) is 17.0 Å². The Kier molecular flexibility index (Phi) is 3.89. The van der Waals surface area contributed by atoms with Crippen LogP contribution in [0.2, 0.25) is 0 Å². The summed E-state index contributed by atoms with van der Waals surface area (Å²) in [5.41, 5.74) is 0.0247. The van der Waals surface area contributed by atoms with Crippen LogP contribution in [0.4, 0.5) is 5.82 Å². The molecule has 0 aliphatic rings. The van der Waals surface area contributed by atoms with E-state index in [4.69, 9.17) is 0 Å². The minimum Gasteiger partial charge on any atom is -0.353 e. The first-order valence-corrected chi connectivity index (χ1v) is 6.16. The Morgan fingerprint density at radius 3 is 2.64 bits per heavy atom. The van der Waals surface area contributed by atoms with Crippen molar-refractivity contribution in [2.75, 3.05) is 17.3 Å². The fourth-order valence-electron chi connectivity index (χ4n) is 0.929. The number of nitrogens with zero attached hydrogens (tertiary/aromatic N) is 3. The maximum atomic E-state index is 4.24. The van der Waals surface area contributed by atoms with E-state index in [-0.39, 0.29) is 5.54 Å². The van der Waals surface area contributed by atoms with Gasteiger partial charge in [-0.3, -0.25) is 0 Å². The van der Waals surface area contributed by atoms with Crippen LogP contribution in [0, 0.1) is 0 Å². The highest BCUT2D eigenvalue weighted by molar-refractivity contribution is 9.10. The molecule has 0 unspecified atom stereocenters. The van der Waals surface area contributed by atoms with Crippen LogP contribution in [0.3, 0.4) is 0 Å². The number of rotatable bonds is 3. The van der Waals surface area contributed by atoms with Crippen molar-refractivity contribution in [2.45, 2.75) is 19.4 Å². The number of anilines is 1. The molecular weight excluding hydrogens is 310 g/mol. The van der Waals surface area contributed by atoms with Gasteiger partial charge in [0.15, 0.2) is 0 Å². The van der Waals surface area contributed by atoms with E-state index >= 15 is 0 Å². The third-order valence-corrected chi connectivity index (χ3v) is 4.13. The maximum Gasteiger partial charge on any atom is 0.146 e. The van der Waals surface area contributed by atoms with Crippen LogP contribution >= 0.6 is 31.9 Å². The maximum absolute atomic E-state index is 4.24. The Labute approximate surface area is 101 Å². The summed E-state index contributed by atoms with van der Waals surface area (Å²) in [6, 6.07) is 0. The molecule has 0 aromatic carbocycles. The summed E-state index contributed by atoms with van der Waals surface area (Å²) < 4.78 is 0.913. The van der Waals surface area contributed by atoms with E-state index in [0.717, 1.165) is 15.6 Å². The third-order valence-electron chi connectivity index (χ3n) is 2.20. The average Bonchev–Trinajstić information content (AvgIpc) is 2.17. The molecule has 1 rings (SSSR count). The second-order valence-electron chi connectivity index (χ2n) is 3.70. The van der Waals surface area contributed by atoms with Gasteiger partial charge in [-0.2, -0.15) is 0 Å². The van der Waals surface area contributed by atoms with Crippen LogP contribution in [0.5, 0.6) is 0 Å². The lowest BCUT2D eigenvalue weighted by Crippen LogP contribution is -2.43. The molecule has 78 valence electrons. The van der Waals surface area contributed by atoms with Gasteiger partial charge >= 0.3 is 0 Å². The Morgan fingerprint density at radius 1 is 1.50 bits per heavy atom. The molecule has 0 spiro atoms. The SMILES string of the molecule is CN(c1ncncc1Br)C(C)(C)CBr. The zero-order valence-electron chi connectivity index (χ0n) is 8.46. The third kappa shape index (κ3) is 2.45. The van der Waals surface area contributed by atoms with E-state index < -0.39 is 0 Å². The first kappa shape index (κ1) is 11.9. The number of alkyl halides is 1. The van der Waals surface area contributed by atoms with Crippen molar-refractivity contribution in [1.82, 2.24) is 9.97 Å². The molecule has 0 aliphatic heterocycles. The van der Waals surface area contributed by atoms with Gasteiger partial charge in [-0.25, -0.2) is 9.97 Å². The minimum atomic E-state index is 0.0247. The van der Waals surface area contributed by atoms with Crippen LogP contribution in [-0.4, -0.2) is 27.9 Å². The van der Waals surface area contributed by atoms with E-state index in [0.29, 0.717) is 0 Å². The molecular formula is C9H13Br2N3. The fraction of sp³-hybridized carbons (Fsp3) is 0.556. The van der Waals surface area contributed by atoms with Crippen molar-refractivity contribution in [1.29, 1.82) is 0 Å². The van der Waals surface area contributed by atoms with Gasteiger partial charge < -0.3 is 4.90 Å². The van der Waals surface area contributed by atoms with Gasteiger partial charge in [0.2, 0.25) is 0 Å². The predicted molar refractivity (Wildman–Crippen MR) is 66.0 cm³/mol. The van der Waals surface area contributed by atoms with Crippen molar-refractivity contribution in [3.05, 3.63) is 17.0 Å². The lowest BCUT2D eigenvalue weighted by molar-refractivity contribution is 0.545. The molecule has 0 saturated carbocycles. The van der Waals surface area contributed by atoms with Crippen molar-refractivity contribution < 1.29 is 0 Å². The van der Waals surface area contributed by atoms with Gasteiger partial charge in [-0.15, -0.1) is 0 Å². The molecule has 0 fully saturated rings. The van der Waals surface area contributed by atoms with Crippen molar-refractivity contribution in [3.63, 3.8) is 0 Å². The lowest BCUT2D eigenvalue weighted by Gasteiger charge is -2.35. The highest BCUT2D eigenvalue weighted by Crippen LogP contribution is 2.27. The van der Waals surface area contributed by atoms with E-state index in [1.165, 1.54) is 0 Å². The number of aromatic nitrogens is 2. The Balaban J connectivity index is 3.00. The second-order valence-corrected chi connectivity index (χ2v) is 5.11. The summed E-state index contributed by atoms with van der Waals surface area (Å²) in [5, 5.41) is 0.882. The Morgan fingerprint density at radius 2 is 2.14 bits per heavy atom. The van der Waals surface area contributed by atoms with Crippen molar-refractivity contribution in [3.8, 4) is 0 Å². The number of hydrogen-bond acceptors (Lipinski definition) is 3. The Hall–Kier alpha value is -0.160. The molecule has 0 bridgehead atoms. The predicted octanol–water partition coefficient (Wildman–Crippen LogP) is 2.85. The molecule has 5 heteroatoms. The summed E-state index contributed by atoms with van der Waals surface area (Å²) in [5.74, 6) is 0.907. The van der Waals surface area contributed by atoms with E-state index in [1.807, 2.05) is 7.05 Å². The van der Waals surface area contributed by atoms with Gasteiger partial charge in [0.1, 0.15) is 12.1 Å². The standard InChI is InChI=1S/C9H13Br2N3/c1-9(2,5-10)14(3)8-7(11)4-12-6-13-8/h4,6H,5H2,1-3H3. The minimum absolute atomic E-state index is 0.0247. The first-order chi connectivity index (χ1) is 6.49. The van der Waals surface area contributed by atoms with Crippen LogP contribution in [0.1, 0.15) is 13.8 Å². The molecule has 1 aromatic rings. The second kappa shape index (κ2) is 4.57. The highest BCUT2D eigenvalue weighted by Gasteiger charge is 2.24. The van der Waals surface area contributed by atoms with Crippen molar-refractivity contribution >= 4 is 37.7 Å². The van der Waals surface area contributed by atoms with E-state index in [1.54, 1.807) is 12.5 Å². The lowest BCUT2D eigenvalue weighted by atomic mass is 10.1. The molecule has 1 aromatic heterocycles. The van der Waals surface area contributed by atoms with Crippen LogP contribution < -0.4 is 4.90 Å². The van der Waals surface area contributed by atoms with Gasteiger partial charge in [-0.05, 0) is 29.8 Å². The molecule has 3 nitrogen and oxygen atoms in total. The van der Waals surface area contributed by atoms with Gasteiger partial charge in [0.05, 0.1) is 4.47 Å². The summed E-state index contributed by atoms with van der Waals surface area (Å²) >= 11 is 6.93. The normalized spacial score (nSPS) is 11.5. The smallest absolute Gasteiger partial charge is 0.146 e. The fourth-order valence-corrected chi connectivity index (χ4v) is 1.79. The largest absolute Gasteiger partial charge is 0.353 e. The zero-order chi connectivity index (χ0) is 10.8. The molecule has 0 atom stereocenters. The van der Waals surface area contributed by atoms with Gasteiger partial charge in [0.25, 0.3) is 0 Å². The quantitative estimate of drug-likeness (QED) is 0.801. The molecule has 0 radical (unpaired) electrons.